The first-order valence-corrected chi connectivity index (χ1v) is 23.3. The molecule has 10 aromatic rings. The highest BCUT2D eigenvalue weighted by molar-refractivity contribution is 7.86. The normalized spacial score (nSPS) is 14.8. The summed E-state index contributed by atoms with van der Waals surface area (Å²) in [5.74, 6) is 0. The lowest BCUT2D eigenvalue weighted by Crippen LogP contribution is -2.24. The topological polar surface area (TPSA) is 17.1 Å². The predicted octanol–water partition coefficient (Wildman–Crippen LogP) is 14.8. The monoisotopic (exact) mass is 786 g/mol. The number of hydrogen-bond donors (Lipinski definition) is 0. The molecule has 0 bridgehead atoms. The zero-order valence-corrected chi connectivity index (χ0v) is 34.2. The van der Waals surface area contributed by atoms with Gasteiger partial charge in [0.15, 0.2) is 7.14 Å². The maximum atomic E-state index is 16.8. The zero-order chi connectivity index (χ0) is 38.1. The molecule has 0 spiro atoms. The van der Waals surface area contributed by atoms with Crippen molar-refractivity contribution in [3.05, 3.63) is 175 Å². The van der Waals surface area contributed by atoms with Crippen LogP contribution in [0.1, 0.15) is 31.7 Å². The quantitative estimate of drug-likeness (QED) is 0.111. The highest BCUT2D eigenvalue weighted by Crippen LogP contribution is 2.60. The van der Waals surface area contributed by atoms with E-state index in [-0.39, 0.29) is 0 Å². The molecular formula is C53H39OPS2. The summed E-state index contributed by atoms with van der Waals surface area (Å²) in [5, 5.41) is 8.00. The molecule has 0 amide bonds. The molecule has 1 aliphatic heterocycles. The van der Waals surface area contributed by atoms with Crippen LogP contribution in [-0.4, -0.2) is 0 Å². The Morgan fingerprint density at radius 3 is 1.63 bits per heavy atom. The Labute approximate surface area is 341 Å². The molecule has 0 radical (unpaired) electrons. The third-order valence-corrected chi connectivity index (χ3v) is 17.5. The highest BCUT2D eigenvalue weighted by Gasteiger charge is 2.45. The second-order valence-corrected chi connectivity index (χ2v) is 20.1. The fourth-order valence-electron chi connectivity index (χ4n) is 9.44. The number of benzene rings is 8. The molecule has 1 aliphatic rings. The largest absolute Gasteiger partial charge is 0.309 e. The van der Waals surface area contributed by atoms with E-state index in [1.165, 1.54) is 68.2 Å². The first-order valence-electron chi connectivity index (χ1n) is 20.0. The number of unbranched alkanes of at least 4 members (excludes halogenated alkanes) is 2. The van der Waals surface area contributed by atoms with Crippen molar-refractivity contribution >= 4 is 86.1 Å². The smallest absolute Gasteiger partial charge is 0.172 e. The van der Waals surface area contributed by atoms with Gasteiger partial charge >= 0.3 is 0 Å². The van der Waals surface area contributed by atoms with E-state index in [0.717, 1.165) is 63.9 Å². The van der Waals surface area contributed by atoms with Gasteiger partial charge in [-0.25, -0.2) is 0 Å². The van der Waals surface area contributed by atoms with Gasteiger partial charge in [-0.05, 0) is 93.7 Å². The van der Waals surface area contributed by atoms with E-state index in [2.05, 4.69) is 171 Å². The van der Waals surface area contributed by atoms with E-state index in [1.807, 2.05) is 28.7 Å². The van der Waals surface area contributed by atoms with Crippen molar-refractivity contribution in [1.82, 2.24) is 0 Å². The lowest BCUT2D eigenvalue weighted by molar-refractivity contribution is 0.592. The van der Waals surface area contributed by atoms with Gasteiger partial charge in [-0.15, -0.1) is 22.7 Å². The Morgan fingerprint density at radius 1 is 0.456 bits per heavy atom. The van der Waals surface area contributed by atoms with E-state index in [1.54, 1.807) is 0 Å². The third-order valence-electron chi connectivity index (χ3n) is 11.9. The van der Waals surface area contributed by atoms with E-state index < -0.39 is 7.14 Å². The van der Waals surface area contributed by atoms with Gasteiger partial charge in [0, 0.05) is 61.8 Å². The first kappa shape index (κ1) is 34.7. The van der Waals surface area contributed by atoms with Crippen molar-refractivity contribution in [1.29, 1.82) is 0 Å². The van der Waals surface area contributed by atoms with E-state index in [4.69, 9.17) is 0 Å². The molecule has 0 aliphatic carbocycles. The van der Waals surface area contributed by atoms with E-state index >= 15 is 4.57 Å². The lowest BCUT2D eigenvalue weighted by atomic mass is 9.79. The molecule has 0 saturated carbocycles. The van der Waals surface area contributed by atoms with Gasteiger partial charge in [-0.2, -0.15) is 0 Å². The van der Waals surface area contributed by atoms with Crippen LogP contribution in [0, 0.1) is 0 Å². The fraction of sp³-hybridized carbons (Fsp3) is 0.0943. The van der Waals surface area contributed by atoms with Gasteiger partial charge < -0.3 is 4.57 Å². The van der Waals surface area contributed by atoms with Crippen LogP contribution in [0.15, 0.2) is 170 Å². The molecule has 1 atom stereocenters. The number of fused-ring (bicyclic) bond motifs is 9. The average molecular weight is 787 g/mol. The number of thiophene rings is 2. The molecule has 1 nitrogen and oxygen atoms in total. The minimum absolute atomic E-state index is 0.838. The van der Waals surface area contributed by atoms with Crippen molar-refractivity contribution < 1.29 is 4.57 Å². The zero-order valence-electron chi connectivity index (χ0n) is 31.7. The summed E-state index contributed by atoms with van der Waals surface area (Å²) in [6.07, 6.45) is 4.07. The second-order valence-electron chi connectivity index (χ2n) is 15.2. The van der Waals surface area contributed by atoms with Crippen LogP contribution in [0.3, 0.4) is 0 Å². The third kappa shape index (κ3) is 5.37. The van der Waals surface area contributed by atoms with Crippen molar-refractivity contribution in [2.24, 2.45) is 0 Å². The molecule has 2 aromatic heterocycles. The predicted molar refractivity (Wildman–Crippen MR) is 250 cm³/mol. The van der Waals surface area contributed by atoms with E-state index in [9.17, 15) is 0 Å². The number of rotatable bonds is 8. The minimum Gasteiger partial charge on any atom is -0.309 e. The Bertz CT molecular complexity index is 3230. The second kappa shape index (κ2) is 13.8. The SMILES string of the molecule is CCCCCc1c(-c2ccc3sc4ccccc4c3c2)c(-c2ccc3sc4ccccc4c3c2)c(-c2ccccc2)c2c1P(=O)(c1ccccc1)c1ccccc1-2. The minimum atomic E-state index is -3.33. The van der Waals surface area contributed by atoms with Crippen LogP contribution < -0.4 is 15.9 Å². The first-order chi connectivity index (χ1) is 28.1. The van der Waals surface area contributed by atoms with E-state index in [0.29, 0.717) is 0 Å². The molecule has 274 valence electrons. The highest BCUT2D eigenvalue weighted by atomic mass is 32.1. The van der Waals surface area contributed by atoms with Crippen LogP contribution in [-0.2, 0) is 11.0 Å². The van der Waals surface area contributed by atoms with Gasteiger partial charge in [-0.1, -0.05) is 153 Å². The Kier molecular flexibility index (Phi) is 8.40. The van der Waals surface area contributed by atoms with Gasteiger partial charge in [0.05, 0.1) is 0 Å². The Hall–Kier alpha value is -5.57. The summed E-state index contributed by atoms with van der Waals surface area (Å²) in [6, 6.07) is 61.6. The van der Waals surface area contributed by atoms with Crippen LogP contribution in [0.5, 0.6) is 0 Å². The van der Waals surface area contributed by atoms with Crippen LogP contribution in [0.25, 0.3) is 84.9 Å². The summed E-state index contributed by atoms with van der Waals surface area (Å²) < 4.78 is 21.9. The Morgan fingerprint density at radius 2 is 0.982 bits per heavy atom. The summed E-state index contributed by atoms with van der Waals surface area (Å²) in [4.78, 5) is 0. The van der Waals surface area contributed by atoms with Gasteiger partial charge in [-0.3, -0.25) is 0 Å². The summed E-state index contributed by atoms with van der Waals surface area (Å²) in [5.41, 5.74) is 10.5. The molecule has 8 aromatic carbocycles. The maximum Gasteiger partial charge on any atom is 0.172 e. The molecule has 4 heteroatoms. The lowest BCUT2D eigenvalue weighted by Gasteiger charge is -2.27. The average Bonchev–Trinajstić information content (AvgIpc) is 3.92. The van der Waals surface area contributed by atoms with Gasteiger partial charge in [0.25, 0.3) is 0 Å². The molecular weight excluding hydrogens is 748 g/mol. The molecule has 0 saturated heterocycles. The summed E-state index contributed by atoms with van der Waals surface area (Å²) in [6.45, 7) is 2.27. The van der Waals surface area contributed by atoms with Gasteiger partial charge in [0.2, 0.25) is 0 Å². The van der Waals surface area contributed by atoms with Crippen molar-refractivity contribution in [3.63, 3.8) is 0 Å². The fourth-order valence-corrected chi connectivity index (χ4v) is 15.0. The molecule has 0 fully saturated rings. The summed E-state index contributed by atoms with van der Waals surface area (Å²) in [7, 11) is -3.33. The standard InChI is InChI=1S/C53H39OPS2/c1-2-3-6-24-41-49(35-28-30-47-42(32-35)38-21-12-15-26-45(38)56-47)51(36-29-31-48-43(33-36)39-22-13-16-27-46(39)57-48)50(34-17-7-4-8-18-34)52-40-23-11-14-25-44(40)55(54,53(41)52)37-19-9-5-10-20-37/h4-5,7-23,25-33H,2-3,6,24H2,1H3. The van der Waals surface area contributed by atoms with Crippen LogP contribution in [0.4, 0.5) is 0 Å². The van der Waals surface area contributed by atoms with Gasteiger partial charge in [0.1, 0.15) is 0 Å². The van der Waals surface area contributed by atoms with Crippen LogP contribution in [0.2, 0.25) is 0 Å². The van der Waals surface area contributed by atoms with Crippen molar-refractivity contribution in [2.45, 2.75) is 32.6 Å². The molecule has 57 heavy (non-hydrogen) atoms. The van der Waals surface area contributed by atoms with Crippen molar-refractivity contribution in [2.75, 3.05) is 0 Å². The maximum absolute atomic E-state index is 16.8. The molecule has 3 heterocycles. The molecule has 0 N–H and O–H groups in total. The summed E-state index contributed by atoms with van der Waals surface area (Å²) >= 11 is 3.72. The number of hydrogen-bond acceptors (Lipinski definition) is 3. The van der Waals surface area contributed by atoms with Crippen LogP contribution >= 0.6 is 29.8 Å². The molecule has 1 unspecified atom stereocenters. The Balaban J connectivity index is 1.37. The van der Waals surface area contributed by atoms with Crippen molar-refractivity contribution in [3.8, 4) is 44.5 Å². The molecule has 11 rings (SSSR count).